The van der Waals surface area contributed by atoms with Gasteiger partial charge in [0.05, 0.1) is 11.0 Å². The molecule has 1 aliphatic heterocycles. The van der Waals surface area contributed by atoms with Gasteiger partial charge < -0.3 is 15.7 Å². The molecular weight excluding hydrogens is 304 g/mol. The number of carbonyl (C=O) groups excluding carboxylic acids is 1. The van der Waals surface area contributed by atoms with Crippen LogP contribution in [0.15, 0.2) is 0 Å². The Bertz CT molecular complexity index is 452. The maximum Gasteiger partial charge on any atom is 0.326 e. The van der Waals surface area contributed by atoms with Gasteiger partial charge in [0, 0.05) is 6.54 Å². The lowest BCUT2D eigenvalue weighted by atomic mass is 10.2. The van der Waals surface area contributed by atoms with Gasteiger partial charge in [-0.05, 0) is 31.3 Å². The SMILES string of the molecule is CSCC[C@@H](NC(=O)NCC1CCCS1(=O)=O)C(=O)O. The zero-order valence-corrected chi connectivity index (χ0v) is 12.9. The van der Waals surface area contributed by atoms with Gasteiger partial charge >= 0.3 is 12.0 Å². The van der Waals surface area contributed by atoms with Crippen molar-refractivity contribution in [2.24, 2.45) is 0 Å². The number of rotatable bonds is 7. The highest BCUT2D eigenvalue weighted by molar-refractivity contribution is 7.98. The molecule has 0 aromatic carbocycles. The molecule has 20 heavy (non-hydrogen) atoms. The Morgan fingerprint density at radius 1 is 1.45 bits per heavy atom. The second-order valence-corrected chi connectivity index (χ2v) is 8.04. The van der Waals surface area contributed by atoms with Crippen molar-refractivity contribution in [2.45, 2.75) is 30.6 Å². The van der Waals surface area contributed by atoms with E-state index < -0.39 is 33.1 Å². The first-order valence-corrected chi connectivity index (χ1v) is 9.45. The summed E-state index contributed by atoms with van der Waals surface area (Å²) in [7, 11) is -3.10. The van der Waals surface area contributed by atoms with Crippen molar-refractivity contribution in [1.29, 1.82) is 0 Å². The van der Waals surface area contributed by atoms with E-state index in [4.69, 9.17) is 5.11 Å². The fourth-order valence-electron chi connectivity index (χ4n) is 2.00. The normalized spacial score (nSPS) is 22.1. The number of aliphatic carboxylic acids is 1. The first-order chi connectivity index (χ1) is 9.36. The third-order valence-corrected chi connectivity index (χ3v) is 6.09. The highest BCUT2D eigenvalue weighted by atomic mass is 32.2. The van der Waals surface area contributed by atoms with E-state index in [2.05, 4.69) is 10.6 Å². The third-order valence-electron chi connectivity index (χ3n) is 3.17. The van der Waals surface area contributed by atoms with Crippen molar-refractivity contribution in [2.75, 3.05) is 24.3 Å². The molecule has 0 aliphatic carbocycles. The molecule has 1 unspecified atom stereocenters. The molecule has 0 spiro atoms. The number of urea groups is 1. The number of amides is 2. The average Bonchev–Trinajstić information content (AvgIpc) is 2.70. The Morgan fingerprint density at radius 3 is 2.65 bits per heavy atom. The van der Waals surface area contributed by atoms with Gasteiger partial charge in [-0.25, -0.2) is 18.0 Å². The van der Waals surface area contributed by atoms with E-state index in [1.165, 1.54) is 11.8 Å². The van der Waals surface area contributed by atoms with Gasteiger partial charge in [0.15, 0.2) is 9.84 Å². The number of hydrogen-bond donors (Lipinski definition) is 3. The summed E-state index contributed by atoms with van der Waals surface area (Å²) in [4.78, 5) is 22.6. The second kappa shape index (κ2) is 7.72. The van der Waals surface area contributed by atoms with Crippen LogP contribution in [0.1, 0.15) is 19.3 Å². The van der Waals surface area contributed by atoms with Crippen LogP contribution in [0.2, 0.25) is 0 Å². The fourth-order valence-corrected chi connectivity index (χ4v) is 4.23. The molecule has 2 amide bonds. The lowest BCUT2D eigenvalue weighted by molar-refractivity contribution is -0.139. The first-order valence-electron chi connectivity index (χ1n) is 6.34. The van der Waals surface area contributed by atoms with Crippen molar-refractivity contribution in [3.05, 3.63) is 0 Å². The van der Waals surface area contributed by atoms with Gasteiger partial charge in [-0.2, -0.15) is 11.8 Å². The minimum atomic E-state index is -3.10. The smallest absolute Gasteiger partial charge is 0.326 e. The van der Waals surface area contributed by atoms with E-state index >= 15 is 0 Å². The van der Waals surface area contributed by atoms with Crippen LogP contribution in [0.25, 0.3) is 0 Å². The first kappa shape index (κ1) is 17.1. The summed E-state index contributed by atoms with van der Waals surface area (Å²) in [6.07, 6.45) is 3.33. The van der Waals surface area contributed by atoms with Crippen LogP contribution in [0, 0.1) is 0 Å². The zero-order chi connectivity index (χ0) is 15.2. The number of carboxylic acid groups (broad SMARTS) is 1. The van der Waals surface area contributed by atoms with Crippen LogP contribution < -0.4 is 10.6 Å². The third kappa shape index (κ3) is 5.20. The summed E-state index contributed by atoms with van der Waals surface area (Å²) >= 11 is 1.49. The van der Waals surface area contributed by atoms with Gasteiger partial charge in [0.2, 0.25) is 0 Å². The molecular formula is C11H20N2O5S2. The molecule has 1 saturated heterocycles. The van der Waals surface area contributed by atoms with Crippen molar-refractivity contribution < 1.29 is 23.1 Å². The molecule has 1 heterocycles. The largest absolute Gasteiger partial charge is 0.480 e. The number of thioether (sulfide) groups is 1. The van der Waals surface area contributed by atoms with Crippen LogP contribution in [-0.4, -0.2) is 61.1 Å². The number of sulfone groups is 1. The summed E-state index contributed by atoms with van der Waals surface area (Å²) in [6, 6.07) is -1.59. The molecule has 3 N–H and O–H groups in total. The van der Waals surface area contributed by atoms with Crippen LogP contribution in [0.5, 0.6) is 0 Å². The summed E-state index contributed by atoms with van der Waals surface area (Å²) in [5.41, 5.74) is 0. The van der Waals surface area contributed by atoms with Crippen molar-refractivity contribution in [1.82, 2.24) is 10.6 Å². The van der Waals surface area contributed by atoms with E-state index in [1.807, 2.05) is 6.26 Å². The molecule has 116 valence electrons. The number of carbonyl (C=O) groups is 2. The van der Waals surface area contributed by atoms with Crippen molar-refractivity contribution in [3.63, 3.8) is 0 Å². The standard InChI is InChI=1S/C11H20N2O5S2/c1-19-5-4-9(10(14)15)13-11(16)12-7-8-3-2-6-20(8,17)18/h8-9H,2-7H2,1H3,(H,14,15)(H2,12,13,16)/t8?,9-/m1/s1. The summed E-state index contributed by atoms with van der Waals surface area (Å²) in [5, 5.41) is 13.2. The van der Waals surface area contributed by atoms with Crippen LogP contribution in [0.3, 0.4) is 0 Å². The quantitative estimate of drug-likeness (QED) is 0.611. The molecule has 2 atom stereocenters. The van der Waals surface area contributed by atoms with Crippen molar-refractivity contribution >= 4 is 33.6 Å². The lowest BCUT2D eigenvalue weighted by Crippen LogP contribution is -2.48. The molecule has 9 heteroatoms. The van der Waals surface area contributed by atoms with Crippen LogP contribution in [0.4, 0.5) is 4.79 Å². The predicted molar refractivity (Wildman–Crippen MR) is 77.8 cm³/mol. The highest BCUT2D eigenvalue weighted by Gasteiger charge is 2.31. The summed E-state index contributed by atoms with van der Waals surface area (Å²) < 4.78 is 23.2. The molecule has 1 fully saturated rings. The van der Waals surface area contributed by atoms with E-state index in [1.54, 1.807) is 0 Å². The van der Waals surface area contributed by atoms with E-state index in [9.17, 15) is 18.0 Å². The molecule has 7 nitrogen and oxygen atoms in total. The van der Waals surface area contributed by atoms with Gasteiger partial charge in [-0.15, -0.1) is 0 Å². The maximum atomic E-state index is 11.6. The summed E-state index contributed by atoms with van der Waals surface area (Å²) in [5.74, 6) is -0.316. The molecule has 0 aromatic heterocycles. The van der Waals surface area contributed by atoms with E-state index in [0.717, 1.165) is 0 Å². The Labute approximate surface area is 122 Å². The Balaban J connectivity index is 2.40. The van der Waals surface area contributed by atoms with Crippen LogP contribution in [-0.2, 0) is 14.6 Å². The molecule has 1 rings (SSSR count). The molecule has 0 radical (unpaired) electrons. The molecule has 0 bridgehead atoms. The van der Waals surface area contributed by atoms with E-state index in [0.29, 0.717) is 25.0 Å². The number of carboxylic acids is 1. The van der Waals surface area contributed by atoms with Gasteiger partial charge in [0.25, 0.3) is 0 Å². The Hall–Kier alpha value is -0.960. The van der Waals surface area contributed by atoms with Gasteiger partial charge in [-0.1, -0.05) is 0 Å². The van der Waals surface area contributed by atoms with Crippen molar-refractivity contribution in [3.8, 4) is 0 Å². The van der Waals surface area contributed by atoms with Gasteiger partial charge in [0.1, 0.15) is 6.04 Å². The predicted octanol–water partition coefficient (Wildman–Crippen LogP) is 0.0691. The van der Waals surface area contributed by atoms with E-state index in [-0.39, 0.29) is 12.3 Å². The Morgan fingerprint density at radius 2 is 2.15 bits per heavy atom. The van der Waals surface area contributed by atoms with Crippen LogP contribution >= 0.6 is 11.8 Å². The van der Waals surface area contributed by atoms with Gasteiger partial charge in [-0.3, -0.25) is 0 Å². The fraction of sp³-hybridized carbons (Fsp3) is 0.818. The lowest BCUT2D eigenvalue weighted by Gasteiger charge is -2.16. The number of nitrogens with one attached hydrogen (secondary N) is 2. The zero-order valence-electron chi connectivity index (χ0n) is 11.3. The summed E-state index contributed by atoms with van der Waals surface area (Å²) in [6.45, 7) is 0.0308. The molecule has 0 aromatic rings. The second-order valence-electron chi connectivity index (χ2n) is 4.66. The topological polar surface area (TPSA) is 113 Å². The minimum Gasteiger partial charge on any atom is -0.480 e. The Kier molecular flexibility index (Phi) is 6.60. The number of hydrogen-bond acceptors (Lipinski definition) is 5. The maximum absolute atomic E-state index is 11.6. The molecule has 0 saturated carbocycles. The highest BCUT2D eigenvalue weighted by Crippen LogP contribution is 2.18. The monoisotopic (exact) mass is 324 g/mol. The average molecular weight is 324 g/mol. The molecule has 1 aliphatic rings. The minimum absolute atomic E-state index is 0.0308.